The van der Waals surface area contributed by atoms with Crippen LogP contribution in [-0.2, 0) is 4.79 Å². The van der Waals surface area contributed by atoms with Crippen LogP contribution in [0, 0.1) is 5.41 Å². The first-order chi connectivity index (χ1) is 8.37. The molecule has 1 amide bonds. The third kappa shape index (κ3) is 3.14. The first kappa shape index (κ1) is 15.2. The standard InChI is InChI=1S/C15H28N2O/c1-6-12-17(14(3,4)5)13(18)15(7-2)8-10-16-11-9-15/h6,16H,1,7-12H2,2-5H3. The molecule has 0 radical (unpaired) electrons. The van der Waals surface area contributed by atoms with Gasteiger partial charge in [0.1, 0.15) is 0 Å². The number of carbonyl (C=O) groups excluding carboxylic acids is 1. The van der Waals surface area contributed by atoms with Gasteiger partial charge in [-0.25, -0.2) is 0 Å². The number of nitrogens with zero attached hydrogens (tertiary/aromatic N) is 1. The van der Waals surface area contributed by atoms with E-state index in [4.69, 9.17) is 0 Å². The van der Waals surface area contributed by atoms with E-state index in [1.165, 1.54) is 0 Å². The summed E-state index contributed by atoms with van der Waals surface area (Å²) in [5, 5.41) is 3.35. The summed E-state index contributed by atoms with van der Waals surface area (Å²) < 4.78 is 0. The maximum absolute atomic E-state index is 12.9. The van der Waals surface area contributed by atoms with Crippen LogP contribution < -0.4 is 5.32 Å². The molecule has 0 atom stereocenters. The van der Waals surface area contributed by atoms with Crippen LogP contribution in [0.2, 0.25) is 0 Å². The number of rotatable bonds is 4. The molecular formula is C15H28N2O. The van der Waals surface area contributed by atoms with Crippen molar-refractivity contribution in [3.8, 4) is 0 Å². The predicted octanol–water partition coefficient (Wildman–Crippen LogP) is 2.58. The minimum absolute atomic E-state index is 0.141. The molecule has 18 heavy (non-hydrogen) atoms. The lowest BCUT2D eigenvalue weighted by molar-refractivity contribution is -0.148. The Morgan fingerprint density at radius 3 is 2.33 bits per heavy atom. The molecule has 0 spiro atoms. The largest absolute Gasteiger partial charge is 0.334 e. The molecule has 1 fully saturated rings. The average molecular weight is 252 g/mol. The quantitative estimate of drug-likeness (QED) is 0.780. The van der Waals surface area contributed by atoms with Crippen molar-refractivity contribution in [1.82, 2.24) is 10.2 Å². The zero-order chi connectivity index (χ0) is 13.8. The van der Waals surface area contributed by atoms with Crippen molar-refractivity contribution in [2.24, 2.45) is 5.41 Å². The van der Waals surface area contributed by atoms with Gasteiger partial charge in [-0.1, -0.05) is 13.0 Å². The van der Waals surface area contributed by atoms with Crippen molar-refractivity contribution in [3.05, 3.63) is 12.7 Å². The summed E-state index contributed by atoms with van der Waals surface area (Å²) in [6.45, 7) is 14.7. The third-order valence-electron chi connectivity index (χ3n) is 4.06. The summed E-state index contributed by atoms with van der Waals surface area (Å²) in [5.74, 6) is 0.305. The van der Waals surface area contributed by atoms with Crippen molar-refractivity contribution in [2.45, 2.75) is 52.5 Å². The Hall–Kier alpha value is -0.830. The van der Waals surface area contributed by atoms with E-state index in [1.807, 2.05) is 11.0 Å². The summed E-state index contributed by atoms with van der Waals surface area (Å²) in [6, 6.07) is 0. The lowest BCUT2D eigenvalue weighted by Gasteiger charge is -2.44. The molecule has 0 saturated carbocycles. The van der Waals surface area contributed by atoms with Crippen LogP contribution in [0.1, 0.15) is 47.0 Å². The smallest absolute Gasteiger partial charge is 0.229 e. The van der Waals surface area contributed by atoms with Crippen LogP contribution in [0.3, 0.4) is 0 Å². The highest BCUT2D eigenvalue weighted by molar-refractivity contribution is 5.83. The highest BCUT2D eigenvalue weighted by atomic mass is 16.2. The van der Waals surface area contributed by atoms with Crippen molar-refractivity contribution in [3.63, 3.8) is 0 Å². The fourth-order valence-corrected chi connectivity index (χ4v) is 2.70. The number of nitrogens with one attached hydrogen (secondary N) is 1. The summed E-state index contributed by atoms with van der Waals surface area (Å²) in [7, 11) is 0. The van der Waals surface area contributed by atoms with E-state index in [0.717, 1.165) is 32.4 Å². The van der Waals surface area contributed by atoms with E-state index >= 15 is 0 Å². The van der Waals surface area contributed by atoms with Crippen LogP contribution >= 0.6 is 0 Å². The summed E-state index contributed by atoms with van der Waals surface area (Å²) in [4.78, 5) is 14.9. The molecule has 0 aliphatic carbocycles. The molecule has 1 aliphatic rings. The van der Waals surface area contributed by atoms with Gasteiger partial charge in [0.25, 0.3) is 0 Å². The minimum Gasteiger partial charge on any atom is -0.334 e. The topological polar surface area (TPSA) is 32.3 Å². The monoisotopic (exact) mass is 252 g/mol. The molecule has 104 valence electrons. The summed E-state index contributed by atoms with van der Waals surface area (Å²) in [5.41, 5.74) is -0.306. The second-order valence-corrected chi connectivity index (χ2v) is 6.26. The minimum atomic E-state index is -0.165. The van der Waals surface area contributed by atoms with Crippen LogP contribution in [0.15, 0.2) is 12.7 Å². The number of piperidine rings is 1. The van der Waals surface area contributed by atoms with E-state index in [2.05, 4.69) is 39.6 Å². The molecule has 3 heteroatoms. The molecule has 0 aromatic carbocycles. The van der Waals surface area contributed by atoms with Crippen molar-refractivity contribution < 1.29 is 4.79 Å². The van der Waals surface area contributed by atoms with Crippen molar-refractivity contribution >= 4 is 5.91 Å². The Bertz CT molecular complexity index is 298. The maximum Gasteiger partial charge on any atom is 0.229 e. The van der Waals surface area contributed by atoms with Gasteiger partial charge in [-0.15, -0.1) is 6.58 Å². The maximum atomic E-state index is 12.9. The number of carbonyl (C=O) groups is 1. The lowest BCUT2D eigenvalue weighted by Crippen LogP contribution is -2.54. The molecule has 0 aromatic rings. The van der Waals surface area contributed by atoms with Gasteiger partial charge < -0.3 is 10.2 Å². The van der Waals surface area contributed by atoms with Crippen LogP contribution in [0.5, 0.6) is 0 Å². The Morgan fingerprint density at radius 1 is 1.39 bits per heavy atom. The zero-order valence-corrected chi connectivity index (χ0v) is 12.4. The van der Waals surface area contributed by atoms with Crippen LogP contribution in [-0.4, -0.2) is 36.0 Å². The summed E-state index contributed by atoms with van der Waals surface area (Å²) >= 11 is 0. The predicted molar refractivity (Wildman–Crippen MR) is 76.5 cm³/mol. The second kappa shape index (κ2) is 5.87. The molecule has 0 bridgehead atoms. The molecule has 1 rings (SSSR count). The van der Waals surface area contributed by atoms with E-state index in [-0.39, 0.29) is 11.0 Å². The average Bonchev–Trinajstić information content (AvgIpc) is 2.34. The van der Waals surface area contributed by atoms with E-state index in [9.17, 15) is 4.79 Å². The molecule has 1 N–H and O–H groups in total. The number of hydrogen-bond donors (Lipinski definition) is 1. The van der Waals surface area contributed by atoms with E-state index in [0.29, 0.717) is 12.5 Å². The SMILES string of the molecule is C=CCN(C(=O)C1(CC)CCNCC1)C(C)(C)C. The van der Waals surface area contributed by atoms with Gasteiger partial charge in [0.2, 0.25) is 5.91 Å². The van der Waals surface area contributed by atoms with Gasteiger partial charge in [-0.3, -0.25) is 4.79 Å². The van der Waals surface area contributed by atoms with Crippen molar-refractivity contribution in [1.29, 1.82) is 0 Å². The third-order valence-corrected chi connectivity index (χ3v) is 4.06. The van der Waals surface area contributed by atoms with E-state index < -0.39 is 0 Å². The molecule has 1 heterocycles. The zero-order valence-electron chi connectivity index (χ0n) is 12.4. The second-order valence-electron chi connectivity index (χ2n) is 6.26. The van der Waals surface area contributed by atoms with Crippen LogP contribution in [0.4, 0.5) is 0 Å². The number of amides is 1. The first-order valence-corrected chi connectivity index (χ1v) is 7.01. The highest BCUT2D eigenvalue weighted by Crippen LogP contribution is 2.36. The van der Waals surface area contributed by atoms with Gasteiger partial charge >= 0.3 is 0 Å². The fourth-order valence-electron chi connectivity index (χ4n) is 2.70. The van der Waals surface area contributed by atoms with Crippen molar-refractivity contribution in [2.75, 3.05) is 19.6 Å². The Balaban J connectivity index is 2.95. The van der Waals surface area contributed by atoms with Crippen LogP contribution in [0.25, 0.3) is 0 Å². The highest BCUT2D eigenvalue weighted by Gasteiger charge is 2.42. The lowest BCUT2D eigenvalue weighted by atomic mass is 9.74. The number of hydrogen-bond acceptors (Lipinski definition) is 2. The Morgan fingerprint density at radius 2 is 1.94 bits per heavy atom. The molecule has 1 aliphatic heterocycles. The van der Waals surface area contributed by atoms with Gasteiger partial charge in [-0.05, 0) is 53.1 Å². The molecular weight excluding hydrogens is 224 g/mol. The van der Waals surface area contributed by atoms with Gasteiger partial charge in [0, 0.05) is 12.1 Å². The normalized spacial score (nSPS) is 19.3. The van der Waals surface area contributed by atoms with E-state index in [1.54, 1.807) is 0 Å². The molecule has 0 unspecified atom stereocenters. The van der Waals surface area contributed by atoms with Gasteiger partial charge in [0.15, 0.2) is 0 Å². The van der Waals surface area contributed by atoms with Gasteiger partial charge in [0.05, 0.1) is 5.41 Å². The first-order valence-electron chi connectivity index (χ1n) is 7.01. The molecule has 0 aromatic heterocycles. The fraction of sp³-hybridized carbons (Fsp3) is 0.800. The Labute approximate surface area is 112 Å². The Kier molecular flexibility index (Phi) is 4.97. The summed E-state index contributed by atoms with van der Waals surface area (Å²) in [6.07, 6.45) is 4.66. The molecule has 3 nitrogen and oxygen atoms in total. The van der Waals surface area contributed by atoms with Gasteiger partial charge in [-0.2, -0.15) is 0 Å². The molecule has 1 saturated heterocycles.